The number of piperidine rings is 1. The van der Waals surface area contributed by atoms with Crippen LogP contribution in [-0.4, -0.2) is 48.5 Å². The summed E-state index contributed by atoms with van der Waals surface area (Å²) in [6, 6.07) is 9.46. The van der Waals surface area contributed by atoms with E-state index in [-0.39, 0.29) is 36.1 Å². The van der Waals surface area contributed by atoms with Crippen LogP contribution in [0.2, 0.25) is 0 Å². The van der Waals surface area contributed by atoms with Crippen molar-refractivity contribution in [1.82, 2.24) is 10.2 Å². The standard InChI is InChI=1S/C21H33N3O3.ClH/c1-16(2)21(3,15-22)23-20(26)17-8-7-12-24(14-17)19(25)11-13-27-18-9-5-4-6-10-18;/h4-6,9-10,16-17H,7-8,11-15,22H2,1-3H3,(H,23,26);1H. The molecule has 1 aromatic carbocycles. The van der Waals surface area contributed by atoms with E-state index in [4.69, 9.17) is 10.5 Å². The second kappa shape index (κ2) is 11.3. The Labute approximate surface area is 174 Å². The van der Waals surface area contributed by atoms with Crippen LogP contribution in [-0.2, 0) is 9.59 Å². The molecule has 0 spiro atoms. The first-order valence-electron chi connectivity index (χ1n) is 9.83. The Morgan fingerprint density at radius 1 is 1.32 bits per heavy atom. The van der Waals surface area contributed by atoms with Crippen LogP contribution in [0.25, 0.3) is 0 Å². The number of carbonyl (C=O) groups excluding carboxylic acids is 2. The summed E-state index contributed by atoms with van der Waals surface area (Å²) in [5.74, 6) is 0.852. The van der Waals surface area contributed by atoms with Gasteiger partial charge in [-0.05, 0) is 37.8 Å². The Morgan fingerprint density at radius 3 is 2.61 bits per heavy atom. The van der Waals surface area contributed by atoms with Crippen molar-refractivity contribution in [3.63, 3.8) is 0 Å². The monoisotopic (exact) mass is 411 g/mol. The van der Waals surface area contributed by atoms with Gasteiger partial charge in [0.2, 0.25) is 11.8 Å². The largest absolute Gasteiger partial charge is 0.493 e. The Kier molecular flexibility index (Phi) is 9.76. The Hall–Kier alpha value is -1.79. The molecule has 1 aliphatic heterocycles. The van der Waals surface area contributed by atoms with Gasteiger partial charge in [-0.25, -0.2) is 0 Å². The van der Waals surface area contributed by atoms with Crippen LogP contribution in [0.15, 0.2) is 30.3 Å². The van der Waals surface area contributed by atoms with Gasteiger partial charge in [-0.15, -0.1) is 12.4 Å². The SMILES string of the molecule is CC(C)C(C)(CN)NC(=O)C1CCCN(C(=O)CCOc2ccccc2)C1.Cl. The molecule has 0 aliphatic carbocycles. The molecule has 1 heterocycles. The van der Waals surface area contributed by atoms with E-state index in [2.05, 4.69) is 19.2 Å². The molecule has 2 atom stereocenters. The van der Waals surface area contributed by atoms with E-state index < -0.39 is 5.54 Å². The van der Waals surface area contributed by atoms with Crippen molar-refractivity contribution in [1.29, 1.82) is 0 Å². The summed E-state index contributed by atoms with van der Waals surface area (Å²) in [4.78, 5) is 27.0. The third kappa shape index (κ3) is 6.67. The topological polar surface area (TPSA) is 84.7 Å². The molecule has 1 saturated heterocycles. The van der Waals surface area contributed by atoms with Gasteiger partial charge in [0.05, 0.1) is 24.5 Å². The second-order valence-corrected chi connectivity index (χ2v) is 7.86. The number of hydrogen-bond acceptors (Lipinski definition) is 4. The van der Waals surface area contributed by atoms with E-state index in [1.54, 1.807) is 4.90 Å². The third-order valence-electron chi connectivity index (χ3n) is 5.58. The fraction of sp³-hybridized carbons (Fsp3) is 0.619. The zero-order valence-corrected chi connectivity index (χ0v) is 18.0. The lowest BCUT2D eigenvalue weighted by Crippen LogP contribution is -2.58. The van der Waals surface area contributed by atoms with Crippen LogP contribution >= 0.6 is 12.4 Å². The predicted molar refractivity (Wildman–Crippen MR) is 114 cm³/mol. The average Bonchev–Trinajstić information content (AvgIpc) is 2.68. The summed E-state index contributed by atoms with van der Waals surface area (Å²) >= 11 is 0. The Balaban J connectivity index is 0.00000392. The van der Waals surface area contributed by atoms with Gasteiger partial charge in [0.15, 0.2) is 0 Å². The van der Waals surface area contributed by atoms with Crippen LogP contribution in [0.3, 0.4) is 0 Å². The molecule has 2 unspecified atom stereocenters. The van der Waals surface area contributed by atoms with Crippen LogP contribution in [0.1, 0.15) is 40.0 Å². The summed E-state index contributed by atoms with van der Waals surface area (Å²) in [6.07, 6.45) is 1.95. The maximum Gasteiger partial charge on any atom is 0.226 e. The minimum Gasteiger partial charge on any atom is -0.493 e. The minimum absolute atomic E-state index is 0. The second-order valence-electron chi connectivity index (χ2n) is 7.86. The number of hydrogen-bond donors (Lipinski definition) is 2. The van der Waals surface area contributed by atoms with E-state index in [1.165, 1.54) is 0 Å². The maximum absolute atomic E-state index is 12.7. The molecule has 2 amide bonds. The van der Waals surface area contributed by atoms with Crippen molar-refractivity contribution < 1.29 is 14.3 Å². The number of nitrogens with zero attached hydrogens (tertiary/aromatic N) is 1. The quantitative estimate of drug-likeness (QED) is 0.688. The van der Waals surface area contributed by atoms with E-state index in [1.807, 2.05) is 37.3 Å². The van der Waals surface area contributed by atoms with E-state index in [9.17, 15) is 9.59 Å². The van der Waals surface area contributed by atoms with E-state index >= 15 is 0 Å². The first-order chi connectivity index (χ1) is 12.9. The van der Waals surface area contributed by atoms with E-state index in [0.29, 0.717) is 32.7 Å². The van der Waals surface area contributed by atoms with Gasteiger partial charge >= 0.3 is 0 Å². The molecule has 1 aromatic rings. The van der Waals surface area contributed by atoms with Gasteiger partial charge in [0.25, 0.3) is 0 Å². The summed E-state index contributed by atoms with van der Waals surface area (Å²) < 4.78 is 5.61. The molecule has 0 bridgehead atoms. The van der Waals surface area contributed by atoms with Gasteiger partial charge in [-0.3, -0.25) is 9.59 Å². The number of nitrogens with one attached hydrogen (secondary N) is 1. The third-order valence-corrected chi connectivity index (χ3v) is 5.58. The molecule has 1 aliphatic rings. The van der Waals surface area contributed by atoms with Crippen molar-refractivity contribution >= 4 is 24.2 Å². The maximum atomic E-state index is 12.7. The summed E-state index contributed by atoms with van der Waals surface area (Å²) in [6.45, 7) is 7.98. The van der Waals surface area contributed by atoms with Gasteiger partial charge in [-0.2, -0.15) is 0 Å². The molecular weight excluding hydrogens is 378 g/mol. The number of amides is 2. The van der Waals surface area contributed by atoms with Gasteiger partial charge < -0.3 is 20.7 Å². The van der Waals surface area contributed by atoms with Crippen LogP contribution < -0.4 is 15.8 Å². The molecule has 0 aromatic heterocycles. The molecule has 7 heteroatoms. The molecule has 0 saturated carbocycles. The number of nitrogens with two attached hydrogens (primary N) is 1. The fourth-order valence-electron chi connectivity index (χ4n) is 3.16. The van der Waals surface area contributed by atoms with Gasteiger partial charge in [0, 0.05) is 19.6 Å². The van der Waals surface area contributed by atoms with Crippen LogP contribution in [0, 0.1) is 11.8 Å². The molecule has 2 rings (SSSR count). The number of halogens is 1. The summed E-state index contributed by atoms with van der Waals surface area (Å²) in [5.41, 5.74) is 5.45. The Morgan fingerprint density at radius 2 is 2.00 bits per heavy atom. The molecular formula is C21H34ClN3O3. The van der Waals surface area contributed by atoms with Crippen molar-refractivity contribution in [2.75, 3.05) is 26.2 Å². The number of ether oxygens (including phenoxy) is 1. The molecule has 3 N–H and O–H groups in total. The van der Waals surface area contributed by atoms with Crippen molar-refractivity contribution in [2.24, 2.45) is 17.6 Å². The Bertz CT molecular complexity index is 627. The lowest BCUT2D eigenvalue weighted by molar-refractivity contribution is -0.136. The van der Waals surface area contributed by atoms with E-state index in [0.717, 1.165) is 18.6 Å². The highest BCUT2D eigenvalue weighted by molar-refractivity contribution is 5.85. The molecule has 6 nitrogen and oxygen atoms in total. The van der Waals surface area contributed by atoms with Crippen LogP contribution in [0.4, 0.5) is 0 Å². The molecule has 0 radical (unpaired) electrons. The number of para-hydroxylation sites is 1. The number of carbonyl (C=O) groups is 2. The average molecular weight is 412 g/mol. The van der Waals surface area contributed by atoms with Crippen molar-refractivity contribution in [3.8, 4) is 5.75 Å². The highest BCUT2D eigenvalue weighted by Gasteiger charge is 2.34. The zero-order valence-electron chi connectivity index (χ0n) is 17.1. The van der Waals surface area contributed by atoms with Gasteiger partial charge in [-0.1, -0.05) is 32.0 Å². The first kappa shape index (κ1) is 24.2. The highest BCUT2D eigenvalue weighted by Crippen LogP contribution is 2.21. The summed E-state index contributed by atoms with van der Waals surface area (Å²) in [7, 11) is 0. The van der Waals surface area contributed by atoms with Crippen LogP contribution in [0.5, 0.6) is 5.75 Å². The minimum atomic E-state index is -0.424. The normalized spacial score (nSPS) is 18.8. The highest BCUT2D eigenvalue weighted by atomic mass is 35.5. The molecule has 1 fully saturated rings. The lowest BCUT2D eigenvalue weighted by atomic mass is 9.87. The fourth-order valence-corrected chi connectivity index (χ4v) is 3.16. The lowest BCUT2D eigenvalue weighted by Gasteiger charge is -2.37. The number of likely N-dealkylation sites (tertiary alicyclic amines) is 1. The summed E-state index contributed by atoms with van der Waals surface area (Å²) in [5, 5.41) is 3.11. The number of rotatable bonds is 8. The predicted octanol–water partition coefficient (Wildman–Crippen LogP) is 2.61. The van der Waals surface area contributed by atoms with Crippen molar-refractivity contribution in [3.05, 3.63) is 30.3 Å². The number of benzene rings is 1. The van der Waals surface area contributed by atoms with Crippen molar-refractivity contribution in [2.45, 2.75) is 45.6 Å². The molecule has 28 heavy (non-hydrogen) atoms. The smallest absolute Gasteiger partial charge is 0.226 e. The zero-order chi connectivity index (χ0) is 19.9. The van der Waals surface area contributed by atoms with Gasteiger partial charge in [0.1, 0.15) is 5.75 Å². The molecule has 158 valence electrons. The first-order valence-corrected chi connectivity index (χ1v) is 9.83.